The highest BCUT2D eigenvalue weighted by Gasteiger charge is 2.46. The number of carbonyl (C=O) groups is 4. The molecule has 10 N–H and O–H groups in total. The van der Waals surface area contributed by atoms with E-state index in [1.54, 1.807) is 80.0 Å². The summed E-state index contributed by atoms with van der Waals surface area (Å²) in [6, 6.07) is 84.5. The second kappa shape index (κ2) is 41.1. The van der Waals surface area contributed by atoms with Gasteiger partial charge >= 0.3 is 0 Å². The van der Waals surface area contributed by atoms with E-state index in [9.17, 15) is 38.4 Å². The molecule has 2 saturated heterocycles. The molecule has 4 amide bonds. The van der Waals surface area contributed by atoms with Gasteiger partial charge in [-0.3, -0.25) is 60.9 Å². The van der Waals surface area contributed by atoms with Crippen molar-refractivity contribution in [3.8, 4) is 45.0 Å². The Morgan fingerprint density at radius 1 is 0.368 bits per heavy atom. The number of imidazole rings is 4. The summed E-state index contributed by atoms with van der Waals surface area (Å²) < 4.78 is 7.79. The maximum absolute atomic E-state index is 13.1. The molecule has 6 aromatic carbocycles. The third kappa shape index (κ3) is 20.7. The molecule has 0 spiro atoms. The molecule has 31 heteroatoms. The molecule has 5 fully saturated rings. The average Bonchev–Trinajstić information content (AvgIpc) is 1.61. The minimum absolute atomic E-state index is 0.0111. The molecule has 13 aromatic heterocycles. The number of fused-ring (bicyclic) bond motifs is 6. The molecule has 24 rings (SSSR count). The Labute approximate surface area is 826 Å². The minimum atomic E-state index is -0.251. The number of piperazine rings is 2. The highest BCUT2D eigenvalue weighted by Crippen LogP contribution is 2.47. The van der Waals surface area contributed by atoms with Gasteiger partial charge in [0.05, 0.1) is 51.1 Å². The SMILES string of the molecule is Cc1ccc(C2(NC(=O)c3ccc(Nc4ccc(-c5cc[nH]c(=O)c5)n5ccnc45)cc3)CC2)cc1.O=C(NC1CC2CCC1C2)c1ccc(Nc2ccc(-c3cc[nH]c(=O)c3)n3ccnc23)cc1.O=C(c1ccc(Nc2ccc(-c3cc[nH]c(=O)c3)n3ccnc23)cc1)N1CCN(Cc2ccccc2)CC1.O=C(c1ccc(Nc2ccc(-c3cc[nH]c(=O)c3)n3ccnc23)cc1)N1CCN(c2ccccn2)CC1. The highest BCUT2D eigenvalue weighted by atomic mass is 16.2. The number of pyridine rings is 9. The number of anilines is 9. The lowest BCUT2D eigenvalue weighted by atomic mass is 9.95. The van der Waals surface area contributed by atoms with Crippen LogP contribution in [0.1, 0.15) is 96.6 Å². The fraction of sp³-hybridized carbons (Fsp3) is 0.177. The molecule has 5 aliphatic rings. The Kier molecular flexibility index (Phi) is 26.3. The van der Waals surface area contributed by atoms with Crippen molar-refractivity contribution in [1.82, 2.24) is 87.8 Å². The number of hydrogen-bond donors (Lipinski definition) is 10. The van der Waals surface area contributed by atoms with Gasteiger partial charge in [0.1, 0.15) is 5.82 Å². The van der Waals surface area contributed by atoms with Crippen LogP contribution in [0.4, 0.5) is 51.3 Å². The number of amides is 4. The molecule has 2 bridgehead atoms. The molecule has 3 atom stereocenters. The first-order valence-corrected chi connectivity index (χ1v) is 48.2. The zero-order valence-electron chi connectivity index (χ0n) is 78.8. The first kappa shape index (κ1) is 92.2. The third-order valence-electron chi connectivity index (χ3n) is 27.4. The lowest BCUT2D eigenvalue weighted by Crippen LogP contribution is -2.49. The topological polar surface area (TPSA) is 367 Å². The Balaban J connectivity index is 0.000000113. The fourth-order valence-corrected chi connectivity index (χ4v) is 19.7. The molecule has 2 aliphatic heterocycles. The van der Waals surface area contributed by atoms with E-state index in [0.717, 1.165) is 195 Å². The molecule has 144 heavy (non-hydrogen) atoms. The fourth-order valence-electron chi connectivity index (χ4n) is 19.7. The van der Waals surface area contributed by atoms with Gasteiger partial charge in [0.15, 0.2) is 22.6 Å². The lowest BCUT2D eigenvalue weighted by Gasteiger charge is -2.35. The van der Waals surface area contributed by atoms with Gasteiger partial charge in [-0.2, -0.15) is 0 Å². The Hall–Kier alpha value is -18.1. The van der Waals surface area contributed by atoms with Gasteiger partial charge in [-0.15, -0.1) is 0 Å². The van der Waals surface area contributed by atoms with Crippen molar-refractivity contribution in [2.45, 2.75) is 63.6 Å². The number of carbonyl (C=O) groups excluding carboxylic acids is 4. The minimum Gasteiger partial charge on any atom is -0.353 e. The van der Waals surface area contributed by atoms with E-state index in [1.165, 1.54) is 30.4 Å². The number of aromatic amines is 4. The van der Waals surface area contributed by atoms with Gasteiger partial charge in [-0.1, -0.05) is 72.6 Å². The molecule has 3 unspecified atom stereocenters. The number of hydrogen-bond acceptors (Lipinski definition) is 19. The van der Waals surface area contributed by atoms with Crippen molar-refractivity contribution in [2.24, 2.45) is 11.8 Å². The molecule has 0 radical (unpaired) electrons. The zero-order chi connectivity index (χ0) is 98.2. The summed E-state index contributed by atoms with van der Waals surface area (Å²) in [5.74, 6) is 2.45. The molecule has 31 nitrogen and oxygen atoms in total. The van der Waals surface area contributed by atoms with Crippen LogP contribution in [-0.4, -0.2) is 159 Å². The number of nitrogens with one attached hydrogen (secondary N) is 10. The molecular formula is C113H103N23O8. The Morgan fingerprint density at radius 2 is 0.750 bits per heavy atom. The molecular weight excluding hydrogens is 1810 g/mol. The summed E-state index contributed by atoms with van der Waals surface area (Å²) in [6.45, 7) is 9.01. The van der Waals surface area contributed by atoms with Crippen LogP contribution >= 0.6 is 0 Å². The predicted molar refractivity (Wildman–Crippen MR) is 560 cm³/mol. The molecule has 3 aliphatic carbocycles. The molecule has 3 saturated carbocycles. The van der Waals surface area contributed by atoms with Crippen LogP contribution in [0.15, 0.2) is 367 Å². The lowest BCUT2D eigenvalue weighted by molar-refractivity contribution is 0.0627. The number of aryl methyl sites for hydroxylation is 1. The Bertz CT molecular complexity index is 8140. The number of rotatable bonds is 22. The standard InChI is InChI=1S/C30H28N6O2.C29H25N5O2.C28H25N7O2.C26H25N5O2/c37-28-20-24(12-13-31-28)27-11-10-26(29-32-14-15-36(27)29)33-25-8-6-23(7-9-25)30(38)35-18-16-34(17-19-35)21-22-4-2-1-3-5-22;1-19-2-6-22(7-3-19)29(13-14-29)33-28(36)20-4-8-23(9-5-20)32-24-10-11-25(34-17-16-31-27(24)34)21-12-15-30-26(35)18-21;36-26-19-21(10-12-30-26)24-9-8-23(27-31-13-14-35(24)27)32-22-6-4-20(5-7-22)28(37)34-17-15-33(16-18-34)25-3-1-2-11-29-25;32-24-15-19(9-10-27-24)23-8-7-21(25-28-11-12-31(23)25)29-20-5-3-17(4-6-20)26(33)30-22-14-16-1-2-18(22)13-16/h1-15,20,33H,16-19,21H2,(H,31,37);2-12,15-18,32H,13-14H2,1H3,(H,30,35)(H,33,36);1-14,19,32H,15-18H2,(H,30,36);3-12,15-16,18,22,29H,1-2,13-14H2,(H,27,32)(H,30,33). The highest BCUT2D eigenvalue weighted by molar-refractivity contribution is 5.98. The van der Waals surface area contributed by atoms with Crippen LogP contribution in [0.3, 0.4) is 0 Å². The zero-order valence-corrected chi connectivity index (χ0v) is 78.8. The van der Waals surface area contributed by atoms with Crippen molar-refractivity contribution < 1.29 is 19.2 Å². The number of benzene rings is 6. The monoisotopic (exact) mass is 1910 g/mol. The third-order valence-corrected chi connectivity index (χ3v) is 27.4. The molecule has 15 heterocycles. The van der Waals surface area contributed by atoms with Crippen LogP contribution < -0.4 is 59.0 Å². The van der Waals surface area contributed by atoms with E-state index in [2.05, 4.69) is 142 Å². The molecule has 19 aromatic rings. The van der Waals surface area contributed by atoms with E-state index in [-0.39, 0.29) is 51.4 Å². The van der Waals surface area contributed by atoms with Crippen molar-refractivity contribution in [2.75, 3.05) is 78.5 Å². The van der Waals surface area contributed by atoms with E-state index < -0.39 is 0 Å². The summed E-state index contributed by atoms with van der Waals surface area (Å²) >= 11 is 0. The summed E-state index contributed by atoms with van der Waals surface area (Å²) in [5.41, 5.74) is 21.9. The summed E-state index contributed by atoms with van der Waals surface area (Å²) in [4.78, 5) is 140. The second-order valence-corrected chi connectivity index (χ2v) is 36.8. The van der Waals surface area contributed by atoms with Crippen LogP contribution in [0.5, 0.6) is 0 Å². The van der Waals surface area contributed by atoms with Gasteiger partial charge in [0.2, 0.25) is 22.2 Å². The average molecular weight is 1910 g/mol. The quantitative estimate of drug-likeness (QED) is 0.0301. The van der Waals surface area contributed by atoms with E-state index in [4.69, 9.17) is 0 Å². The maximum atomic E-state index is 13.1. The summed E-state index contributed by atoms with van der Waals surface area (Å²) in [6.07, 6.45) is 29.6. The number of nitrogens with zero attached hydrogens (tertiary/aromatic N) is 13. The van der Waals surface area contributed by atoms with Crippen LogP contribution in [0.2, 0.25) is 0 Å². The first-order valence-electron chi connectivity index (χ1n) is 48.2. The van der Waals surface area contributed by atoms with Gasteiger partial charge in [0.25, 0.3) is 23.6 Å². The summed E-state index contributed by atoms with van der Waals surface area (Å²) in [5, 5.41) is 20.1. The van der Waals surface area contributed by atoms with Crippen molar-refractivity contribution >= 4 is 97.5 Å². The van der Waals surface area contributed by atoms with E-state index in [0.29, 0.717) is 47.3 Å². The predicted octanol–water partition coefficient (Wildman–Crippen LogP) is 17.7. The van der Waals surface area contributed by atoms with Gasteiger partial charge < -0.3 is 66.5 Å². The van der Waals surface area contributed by atoms with Crippen LogP contribution in [0.25, 0.3) is 67.6 Å². The second-order valence-electron chi connectivity index (χ2n) is 36.8. The smallest absolute Gasteiger partial charge is 0.253 e. The van der Waals surface area contributed by atoms with Gasteiger partial charge in [-0.25, -0.2) is 24.9 Å². The normalized spacial score (nSPS) is 15.6. The first-order chi connectivity index (χ1) is 70.4. The van der Waals surface area contributed by atoms with Crippen molar-refractivity contribution in [1.29, 1.82) is 0 Å². The largest absolute Gasteiger partial charge is 0.353 e. The number of aromatic nitrogens is 13. The van der Waals surface area contributed by atoms with Crippen LogP contribution in [-0.2, 0) is 12.1 Å². The summed E-state index contributed by atoms with van der Waals surface area (Å²) in [7, 11) is 0. The van der Waals surface area contributed by atoms with Crippen molar-refractivity contribution in [3.05, 3.63) is 428 Å². The van der Waals surface area contributed by atoms with E-state index >= 15 is 0 Å². The van der Waals surface area contributed by atoms with Crippen LogP contribution in [0, 0.1) is 18.8 Å². The molecule has 718 valence electrons. The van der Waals surface area contributed by atoms with E-state index in [1.807, 2.05) is 246 Å². The van der Waals surface area contributed by atoms with Gasteiger partial charge in [-0.05, 0) is 244 Å². The van der Waals surface area contributed by atoms with Gasteiger partial charge in [0, 0.05) is 237 Å². The Morgan fingerprint density at radius 3 is 1.11 bits per heavy atom. The maximum Gasteiger partial charge on any atom is 0.253 e. The van der Waals surface area contributed by atoms with Crippen molar-refractivity contribution in [3.63, 3.8) is 0 Å². The number of H-pyrrole nitrogens is 4.